The van der Waals surface area contributed by atoms with E-state index in [0.29, 0.717) is 6.61 Å². The zero-order valence-corrected chi connectivity index (χ0v) is 19.1. The highest BCUT2D eigenvalue weighted by Crippen LogP contribution is 2.40. The first-order valence-corrected chi connectivity index (χ1v) is 12.1. The van der Waals surface area contributed by atoms with E-state index in [1.807, 2.05) is 30.4 Å². The molecule has 1 fully saturated rings. The smallest absolute Gasteiger partial charge is 0.146 e. The fourth-order valence-electron chi connectivity index (χ4n) is 4.48. The molecular weight excluding hydrogens is 408 g/mol. The predicted octanol–water partition coefficient (Wildman–Crippen LogP) is 4.58. The molecule has 1 atom stereocenters. The molecule has 0 radical (unpaired) electrons. The SMILES string of the molecule is CCOc1ccc([C@H](C)Nc2nc(CN3CCOCC3)nc3sc4c(c23)CCC4)cc1. The van der Waals surface area contributed by atoms with Gasteiger partial charge in [-0.25, -0.2) is 9.97 Å². The van der Waals surface area contributed by atoms with Crippen molar-refractivity contribution in [2.24, 2.45) is 0 Å². The topological polar surface area (TPSA) is 59.5 Å². The Morgan fingerprint density at radius 1 is 1.16 bits per heavy atom. The molecule has 2 aliphatic rings. The Kier molecular flexibility index (Phi) is 6.07. The summed E-state index contributed by atoms with van der Waals surface area (Å²) in [6.07, 6.45) is 3.54. The Labute approximate surface area is 187 Å². The molecule has 6 nitrogen and oxygen atoms in total. The highest BCUT2D eigenvalue weighted by molar-refractivity contribution is 7.19. The van der Waals surface area contributed by atoms with Crippen LogP contribution in [-0.2, 0) is 24.1 Å². The third-order valence-electron chi connectivity index (χ3n) is 6.12. The van der Waals surface area contributed by atoms with Crippen LogP contribution < -0.4 is 10.1 Å². The summed E-state index contributed by atoms with van der Waals surface area (Å²) in [7, 11) is 0. The Hall–Kier alpha value is -2.22. The maximum absolute atomic E-state index is 5.59. The maximum atomic E-state index is 5.59. The number of hydrogen-bond acceptors (Lipinski definition) is 7. The predicted molar refractivity (Wildman–Crippen MR) is 125 cm³/mol. The third kappa shape index (κ3) is 4.40. The Morgan fingerprint density at radius 3 is 2.74 bits per heavy atom. The number of nitrogens with zero attached hydrogens (tertiary/aromatic N) is 3. The van der Waals surface area contributed by atoms with Crippen LogP contribution in [0.1, 0.15) is 48.1 Å². The van der Waals surface area contributed by atoms with Gasteiger partial charge in [-0.1, -0.05) is 12.1 Å². The van der Waals surface area contributed by atoms with Gasteiger partial charge in [0, 0.05) is 24.0 Å². The quantitative estimate of drug-likeness (QED) is 0.583. The van der Waals surface area contributed by atoms with Gasteiger partial charge in [-0.15, -0.1) is 11.3 Å². The fraction of sp³-hybridized carbons (Fsp3) is 0.500. The van der Waals surface area contributed by atoms with Crippen molar-refractivity contribution in [1.82, 2.24) is 14.9 Å². The largest absolute Gasteiger partial charge is 0.494 e. The van der Waals surface area contributed by atoms with Crippen LogP contribution in [0.5, 0.6) is 5.75 Å². The first kappa shape index (κ1) is 20.7. The van der Waals surface area contributed by atoms with Crippen LogP contribution in [0, 0.1) is 0 Å². The zero-order valence-electron chi connectivity index (χ0n) is 18.3. The molecule has 0 amide bonds. The minimum absolute atomic E-state index is 0.141. The van der Waals surface area contributed by atoms with Gasteiger partial charge in [0.05, 0.1) is 31.8 Å². The van der Waals surface area contributed by atoms with Crippen molar-refractivity contribution in [3.05, 3.63) is 46.1 Å². The van der Waals surface area contributed by atoms with Gasteiger partial charge >= 0.3 is 0 Å². The number of aromatic nitrogens is 2. The third-order valence-corrected chi connectivity index (χ3v) is 7.31. The van der Waals surface area contributed by atoms with E-state index in [0.717, 1.165) is 61.5 Å². The van der Waals surface area contributed by atoms with E-state index in [1.165, 1.54) is 34.2 Å². The second kappa shape index (κ2) is 9.10. The van der Waals surface area contributed by atoms with Crippen molar-refractivity contribution >= 4 is 27.4 Å². The molecule has 2 aromatic heterocycles. The van der Waals surface area contributed by atoms with E-state index in [4.69, 9.17) is 19.4 Å². The number of anilines is 1. The van der Waals surface area contributed by atoms with Crippen LogP contribution >= 0.6 is 11.3 Å². The van der Waals surface area contributed by atoms with Crippen molar-refractivity contribution in [1.29, 1.82) is 0 Å². The van der Waals surface area contributed by atoms with Crippen molar-refractivity contribution in [2.45, 2.75) is 45.7 Å². The average molecular weight is 439 g/mol. The lowest BCUT2D eigenvalue weighted by molar-refractivity contribution is 0.0331. The van der Waals surface area contributed by atoms with Crippen molar-refractivity contribution in [2.75, 3.05) is 38.2 Å². The van der Waals surface area contributed by atoms with Gasteiger partial charge < -0.3 is 14.8 Å². The van der Waals surface area contributed by atoms with E-state index < -0.39 is 0 Å². The van der Waals surface area contributed by atoms with E-state index in [2.05, 4.69) is 29.3 Å². The minimum atomic E-state index is 0.141. The highest BCUT2D eigenvalue weighted by Gasteiger charge is 2.24. The van der Waals surface area contributed by atoms with Gasteiger partial charge in [0.15, 0.2) is 0 Å². The van der Waals surface area contributed by atoms with E-state index >= 15 is 0 Å². The number of thiophene rings is 1. The van der Waals surface area contributed by atoms with Gasteiger partial charge in [0.1, 0.15) is 22.2 Å². The molecule has 0 spiro atoms. The van der Waals surface area contributed by atoms with Crippen LogP contribution in [0.15, 0.2) is 24.3 Å². The number of morpholine rings is 1. The number of aryl methyl sites for hydroxylation is 2. The van der Waals surface area contributed by atoms with E-state index in [1.54, 1.807) is 0 Å². The standard InChI is InChI=1S/C24H30N4O2S/c1-3-30-18-9-7-17(8-10-18)16(2)25-23-22-19-5-4-6-20(19)31-24(22)27-21(26-23)15-28-11-13-29-14-12-28/h7-10,16H,3-6,11-15H2,1-2H3,(H,25,26,27)/t16-/m0/s1. The Balaban J connectivity index is 1.45. The minimum Gasteiger partial charge on any atom is -0.494 e. The number of ether oxygens (including phenoxy) is 2. The van der Waals surface area contributed by atoms with E-state index in [-0.39, 0.29) is 6.04 Å². The lowest BCUT2D eigenvalue weighted by atomic mass is 10.1. The summed E-state index contributed by atoms with van der Waals surface area (Å²) in [5, 5.41) is 4.95. The maximum Gasteiger partial charge on any atom is 0.146 e. The van der Waals surface area contributed by atoms with Crippen molar-refractivity contribution in [3.8, 4) is 5.75 Å². The van der Waals surface area contributed by atoms with Gasteiger partial charge in [0.2, 0.25) is 0 Å². The molecular formula is C24H30N4O2S. The molecule has 1 aromatic carbocycles. The van der Waals surface area contributed by atoms with Gasteiger partial charge in [-0.3, -0.25) is 4.90 Å². The number of benzene rings is 1. The zero-order chi connectivity index (χ0) is 21.2. The molecule has 0 saturated carbocycles. The van der Waals surface area contributed by atoms with Crippen LogP contribution in [0.25, 0.3) is 10.2 Å². The molecule has 31 heavy (non-hydrogen) atoms. The summed E-state index contributed by atoms with van der Waals surface area (Å²) in [5.41, 5.74) is 2.68. The lowest BCUT2D eigenvalue weighted by Gasteiger charge is -2.26. The first-order chi connectivity index (χ1) is 15.2. The summed E-state index contributed by atoms with van der Waals surface area (Å²) in [6, 6.07) is 8.49. The number of hydrogen-bond donors (Lipinski definition) is 1. The molecule has 0 unspecified atom stereocenters. The molecule has 1 saturated heterocycles. The molecule has 0 bridgehead atoms. The first-order valence-electron chi connectivity index (χ1n) is 11.3. The second-order valence-electron chi connectivity index (χ2n) is 8.28. The van der Waals surface area contributed by atoms with E-state index in [9.17, 15) is 0 Å². The summed E-state index contributed by atoms with van der Waals surface area (Å²) in [6.45, 7) is 9.10. The lowest BCUT2D eigenvalue weighted by Crippen LogP contribution is -2.36. The monoisotopic (exact) mass is 438 g/mol. The molecule has 3 heterocycles. The normalized spacial score (nSPS) is 17.6. The van der Waals surface area contributed by atoms with Crippen LogP contribution in [-0.4, -0.2) is 47.8 Å². The van der Waals surface area contributed by atoms with Gasteiger partial charge in [-0.05, 0) is 56.4 Å². The average Bonchev–Trinajstić information content (AvgIpc) is 3.36. The second-order valence-corrected chi connectivity index (χ2v) is 9.37. The van der Waals surface area contributed by atoms with Crippen molar-refractivity contribution < 1.29 is 9.47 Å². The molecule has 3 aromatic rings. The molecule has 1 aliphatic heterocycles. The number of fused-ring (bicyclic) bond motifs is 3. The molecule has 5 rings (SSSR count). The van der Waals surface area contributed by atoms with Crippen LogP contribution in [0.2, 0.25) is 0 Å². The summed E-state index contributed by atoms with van der Waals surface area (Å²) < 4.78 is 11.1. The molecule has 1 aliphatic carbocycles. The van der Waals surface area contributed by atoms with Crippen LogP contribution in [0.3, 0.4) is 0 Å². The number of nitrogens with one attached hydrogen (secondary N) is 1. The summed E-state index contributed by atoms with van der Waals surface area (Å²) in [4.78, 5) is 15.0. The molecule has 1 N–H and O–H groups in total. The summed E-state index contributed by atoms with van der Waals surface area (Å²) in [5.74, 6) is 2.79. The van der Waals surface area contributed by atoms with Gasteiger partial charge in [0.25, 0.3) is 0 Å². The Morgan fingerprint density at radius 2 is 1.97 bits per heavy atom. The number of rotatable bonds is 7. The fourth-order valence-corrected chi connectivity index (χ4v) is 5.76. The van der Waals surface area contributed by atoms with Gasteiger partial charge in [-0.2, -0.15) is 0 Å². The summed E-state index contributed by atoms with van der Waals surface area (Å²) >= 11 is 1.86. The highest BCUT2D eigenvalue weighted by atomic mass is 32.1. The van der Waals surface area contributed by atoms with Crippen molar-refractivity contribution in [3.63, 3.8) is 0 Å². The Bertz CT molecular complexity index is 1040. The molecule has 164 valence electrons. The van der Waals surface area contributed by atoms with Crippen LogP contribution in [0.4, 0.5) is 5.82 Å². The molecule has 7 heteroatoms.